The summed E-state index contributed by atoms with van der Waals surface area (Å²) in [5.74, 6) is 0.446. The zero-order valence-corrected chi connectivity index (χ0v) is 11.1. The molecule has 18 heavy (non-hydrogen) atoms. The van der Waals surface area contributed by atoms with Gasteiger partial charge in [0.2, 0.25) is 11.2 Å². The van der Waals surface area contributed by atoms with Gasteiger partial charge in [0.05, 0.1) is 7.11 Å². The fourth-order valence-corrected chi connectivity index (χ4v) is 1.76. The lowest BCUT2D eigenvalue weighted by molar-refractivity contribution is 0.378. The molecule has 2 aromatic rings. The van der Waals surface area contributed by atoms with E-state index < -0.39 is 0 Å². The van der Waals surface area contributed by atoms with E-state index >= 15 is 0 Å². The fourth-order valence-electron chi connectivity index (χ4n) is 1.61. The maximum absolute atomic E-state index is 5.83. The van der Waals surface area contributed by atoms with Crippen molar-refractivity contribution in [2.45, 2.75) is 6.92 Å². The van der Waals surface area contributed by atoms with E-state index in [1.165, 1.54) is 7.11 Å². The maximum Gasteiger partial charge on any atom is 0.322 e. The van der Waals surface area contributed by atoms with Crippen LogP contribution in [0.1, 0.15) is 5.56 Å². The second-order valence-electron chi connectivity index (χ2n) is 3.74. The molecule has 6 heteroatoms. The molecule has 1 heterocycles. The molecule has 0 spiro atoms. The van der Waals surface area contributed by atoms with Crippen molar-refractivity contribution in [2.24, 2.45) is 0 Å². The Labute approximate surface area is 110 Å². The summed E-state index contributed by atoms with van der Waals surface area (Å²) in [7, 11) is 3.36. The van der Waals surface area contributed by atoms with Gasteiger partial charge in [-0.1, -0.05) is 18.2 Å². The summed E-state index contributed by atoms with van der Waals surface area (Å²) in [6.45, 7) is 2.02. The molecule has 0 aliphatic heterocycles. The monoisotopic (exact) mass is 264 g/mol. The average molecular weight is 265 g/mol. The van der Waals surface area contributed by atoms with Crippen LogP contribution >= 0.6 is 11.6 Å². The Morgan fingerprint density at radius 2 is 1.89 bits per heavy atom. The van der Waals surface area contributed by atoms with Crippen molar-refractivity contribution in [1.29, 1.82) is 0 Å². The summed E-state index contributed by atoms with van der Waals surface area (Å²) in [6.07, 6.45) is 0. The molecule has 0 aliphatic carbocycles. The first kappa shape index (κ1) is 12.6. The molecule has 0 saturated heterocycles. The number of methoxy groups -OCH3 is 1. The lowest BCUT2D eigenvalue weighted by atomic mass is 10.2. The first-order chi connectivity index (χ1) is 8.61. The van der Waals surface area contributed by atoms with E-state index in [0.717, 1.165) is 11.3 Å². The molecule has 0 saturated carbocycles. The lowest BCUT2D eigenvalue weighted by Gasteiger charge is -2.19. The van der Waals surface area contributed by atoms with Gasteiger partial charge in [-0.3, -0.25) is 0 Å². The highest BCUT2D eigenvalue weighted by molar-refractivity contribution is 6.28. The number of aryl methyl sites for hydroxylation is 1. The Bertz CT molecular complexity index is 562. The van der Waals surface area contributed by atoms with Gasteiger partial charge >= 0.3 is 6.01 Å². The molecule has 0 aliphatic rings. The quantitative estimate of drug-likeness (QED) is 0.853. The molecule has 0 atom stereocenters. The number of aromatic nitrogens is 3. The second kappa shape index (κ2) is 5.18. The number of nitrogens with zero attached hydrogens (tertiary/aromatic N) is 4. The summed E-state index contributed by atoms with van der Waals surface area (Å²) < 4.78 is 4.98. The molecule has 0 amide bonds. The third kappa shape index (κ3) is 2.51. The van der Waals surface area contributed by atoms with E-state index in [4.69, 9.17) is 16.3 Å². The van der Waals surface area contributed by atoms with E-state index in [-0.39, 0.29) is 11.3 Å². The smallest absolute Gasteiger partial charge is 0.322 e. The molecule has 0 unspecified atom stereocenters. The highest BCUT2D eigenvalue weighted by Gasteiger charge is 2.12. The lowest BCUT2D eigenvalue weighted by Crippen LogP contribution is -2.15. The van der Waals surface area contributed by atoms with Crippen LogP contribution in [0, 0.1) is 6.92 Å². The van der Waals surface area contributed by atoms with Gasteiger partial charge in [-0.05, 0) is 30.2 Å². The standard InChI is InChI=1S/C12H13ClN4O/c1-8-6-4-5-7-9(8)17(2)11-14-10(13)15-12(16-11)18-3/h4-7H,1-3H3. The molecule has 5 nitrogen and oxygen atoms in total. The number of halogens is 1. The molecule has 0 bridgehead atoms. The van der Waals surface area contributed by atoms with Crippen LogP contribution in [-0.4, -0.2) is 29.1 Å². The van der Waals surface area contributed by atoms with Crippen molar-refractivity contribution in [3.05, 3.63) is 35.1 Å². The molecule has 1 aromatic carbocycles. The van der Waals surface area contributed by atoms with Crippen molar-refractivity contribution in [3.8, 4) is 6.01 Å². The summed E-state index contributed by atoms with van der Waals surface area (Å²) in [6, 6.07) is 8.14. The minimum atomic E-state index is 0.109. The Balaban J connectivity index is 2.43. The van der Waals surface area contributed by atoms with Crippen molar-refractivity contribution >= 4 is 23.2 Å². The molecule has 0 N–H and O–H groups in total. The van der Waals surface area contributed by atoms with Gasteiger partial charge in [0.25, 0.3) is 0 Å². The van der Waals surface area contributed by atoms with Gasteiger partial charge in [0.15, 0.2) is 0 Å². The highest BCUT2D eigenvalue weighted by Crippen LogP contribution is 2.25. The van der Waals surface area contributed by atoms with Crippen LogP contribution in [0.5, 0.6) is 6.01 Å². The summed E-state index contributed by atoms with van der Waals surface area (Å²) >= 11 is 5.83. The van der Waals surface area contributed by atoms with Crippen LogP contribution < -0.4 is 9.64 Å². The van der Waals surface area contributed by atoms with Crippen molar-refractivity contribution < 1.29 is 4.74 Å². The number of para-hydroxylation sites is 1. The van der Waals surface area contributed by atoms with Crippen LogP contribution in [0.4, 0.5) is 11.6 Å². The van der Waals surface area contributed by atoms with Gasteiger partial charge in [-0.2, -0.15) is 15.0 Å². The summed E-state index contributed by atoms with van der Waals surface area (Å²) in [5.41, 5.74) is 2.12. The zero-order chi connectivity index (χ0) is 13.1. The first-order valence-electron chi connectivity index (χ1n) is 5.36. The van der Waals surface area contributed by atoms with E-state index in [2.05, 4.69) is 15.0 Å². The van der Waals surface area contributed by atoms with Gasteiger partial charge < -0.3 is 9.64 Å². The largest absolute Gasteiger partial charge is 0.467 e. The van der Waals surface area contributed by atoms with E-state index in [9.17, 15) is 0 Å². The Morgan fingerprint density at radius 3 is 2.56 bits per heavy atom. The fraction of sp³-hybridized carbons (Fsp3) is 0.250. The predicted molar refractivity (Wildman–Crippen MR) is 70.6 cm³/mol. The SMILES string of the molecule is COc1nc(Cl)nc(N(C)c2ccccc2C)n1. The molecular formula is C12H13ClN4O. The maximum atomic E-state index is 5.83. The van der Waals surface area contributed by atoms with Crippen LogP contribution in [0.15, 0.2) is 24.3 Å². The van der Waals surface area contributed by atoms with Crippen LogP contribution in [-0.2, 0) is 0 Å². The molecule has 2 rings (SSSR count). The van der Waals surface area contributed by atoms with E-state index in [1.54, 1.807) is 0 Å². The second-order valence-corrected chi connectivity index (χ2v) is 4.07. The average Bonchev–Trinajstić information content (AvgIpc) is 2.37. The number of hydrogen-bond donors (Lipinski definition) is 0. The van der Waals surface area contributed by atoms with Crippen molar-refractivity contribution in [3.63, 3.8) is 0 Å². The van der Waals surface area contributed by atoms with Gasteiger partial charge in [0.1, 0.15) is 0 Å². The van der Waals surface area contributed by atoms with Crippen molar-refractivity contribution in [1.82, 2.24) is 15.0 Å². The van der Waals surface area contributed by atoms with Gasteiger partial charge in [-0.25, -0.2) is 0 Å². The van der Waals surface area contributed by atoms with Crippen molar-refractivity contribution in [2.75, 3.05) is 19.1 Å². The zero-order valence-electron chi connectivity index (χ0n) is 10.4. The third-order valence-corrected chi connectivity index (χ3v) is 2.70. The normalized spacial score (nSPS) is 10.2. The highest BCUT2D eigenvalue weighted by atomic mass is 35.5. The number of anilines is 2. The first-order valence-corrected chi connectivity index (χ1v) is 5.74. The molecule has 1 aromatic heterocycles. The van der Waals surface area contributed by atoms with Crippen LogP contribution in [0.2, 0.25) is 5.28 Å². The Morgan fingerprint density at radius 1 is 1.17 bits per heavy atom. The Kier molecular flexibility index (Phi) is 3.62. The minimum absolute atomic E-state index is 0.109. The third-order valence-electron chi connectivity index (χ3n) is 2.54. The molecule has 0 radical (unpaired) electrons. The summed E-state index contributed by atoms with van der Waals surface area (Å²) in [5, 5.41) is 0.109. The number of ether oxygens (including phenoxy) is 1. The van der Waals surface area contributed by atoms with E-state index in [0.29, 0.717) is 5.95 Å². The molecule has 0 fully saturated rings. The Hall–Kier alpha value is -1.88. The van der Waals surface area contributed by atoms with Gasteiger partial charge in [-0.15, -0.1) is 0 Å². The van der Waals surface area contributed by atoms with E-state index in [1.807, 2.05) is 43.1 Å². The van der Waals surface area contributed by atoms with Crippen LogP contribution in [0.3, 0.4) is 0 Å². The number of benzene rings is 1. The number of rotatable bonds is 3. The topological polar surface area (TPSA) is 51.1 Å². The molecular weight excluding hydrogens is 252 g/mol. The summed E-state index contributed by atoms with van der Waals surface area (Å²) in [4.78, 5) is 13.9. The van der Waals surface area contributed by atoms with Gasteiger partial charge in [0, 0.05) is 12.7 Å². The molecule has 94 valence electrons. The number of hydrogen-bond acceptors (Lipinski definition) is 5. The van der Waals surface area contributed by atoms with Crippen LogP contribution in [0.25, 0.3) is 0 Å². The minimum Gasteiger partial charge on any atom is -0.467 e. The predicted octanol–water partition coefficient (Wildman–Crippen LogP) is 2.61.